The SMILES string of the molecule is Cc1cc(NS(C)(=O)=O)n(-c2ccc(O[C@@H]3CC[C@@H](NC(=O)[C@@]4(F)CNC5(CCC5)C4)C3)c(-c3cccc(F)c3C3CCC3)c2)n1. The lowest BCUT2D eigenvalue weighted by Gasteiger charge is -2.38. The van der Waals surface area contributed by atoms with Crippen LogP contribution in [0.4, 0.5) is 14.6 Å². The minimum Gasteiger partial charge on any atom is -0.490 e. The van der Waals surface area contributed by atoms with Crippen molar-refractivity contribution in [2.24, 2.45) is 0 Å². The van der Waals surface area contributed by atoms with Gasteiger partial charge in [0.2, 0.25) is 15.7 Å². The third kappa shape index (κ3) is 6.01. The molecule has 46 heavy (non-hydrogen) atoms. The fraction of sp³-hybridized carbons (Fsp3) is 0.529. The van der Waals surface area contributed by atoms with Crippen LogP contribution in [0.25, 0.3) is 16.8 Å². The fourth-order valence-electron chi connectivity index (χ4n) is 7.58. The first-order valence-corrected chi connectivity index (χ1v) is 18.2. The zero-order chi connectivity index (χ0) is 32.3. The molecule has 7 rings (SSSR count). The van der Waals surface area contributed by atoms with Crippen molar-refractivity contribution in [3.05, 3.63) is 59.5 Å². The number of nitrogens with zero attached hydrogens (tertiary/aromatic N) is 2. The highest BCUT2D eigenvalue weighted by atomic mass is 32.2. The molecule has 3 saturated carbocycles. The molecule has 4 aliphatic rings. The summed E-state index contributed by atoms with van der Waals surface area (Å²) in [7, 11) is -3.57. The zero-order valence-electron chi connectivity index (χ0n) is 26.2. The number of alkyl halides is 1. The van der Waals surface area contributed by atoms with Crippen LogP contribution in [-0.2, 0) is 14.8 Å². The molecule has 2 aromatic carbocycles. The number of anilines is 1. The van der Waals surface area contributed by atoms with Gasteiger partial charge in [-0.1, -0.05) is 18.6 Å². The maximum Gasteiger partial charge on any atom is 0.259 e. The van der Waals surface area contributed by atoms with Gasteiger partial charge in [-0.25, -0.2) is 21.9 Å². The number of hydrogen-bond donors (Lipinski definition) is 3. The van der Waals surface area contributed by atoms with Crippen molar-refractivity contribution in [3.63, 3.8) is 0 Å². The van der Waals surface area contributed by atoms with Crippen LogP contribution in [0, 0.1) is 12.7 Å². The lowest BCUT2D eigenvalue weighted by molar-refractivity contribution is -0.133. The minimum atomic E-state index is -3.57. The number of nitrogens with one attached hydrogen (secondary N) is 3. The lowest BCUT2D eigenvalue weighted by atomic mass is 9.74. The molecule has 12 heteroatoms. The molecule has 1 aliphatic heterocycles. The van der Waals surface area contributed by atoms with Crippen LogP contribution < -0.4 is 20.1 Å². The molecule has 0 unspecified atom stereocenters. The Balaban J connectivity index is 1.16. The summed E-state index contributed by atoms with van der Waals surface area (Å²) in [6.07, 6.45) is 8.68. The number of hydrogen-bond acceptors (Lipinski definition) is 6. The molecule has 0 radical (unpaired) electrons. The molecule has 3 aliphatic carbocycles. The molecule has 9 nitrogen and oxygen atoms in total. The quantitative estimate of drug-likeness (QED) is 0.275. The van der Waals surface area contributed by atoms with Crippen molar-refractivity contribution in [1.82, 2.24) is 20.4 Å². The van der Waals surface area contributed by atoms with Crippen molar-refractivity contribution < 1.29 is 26.7 Å². The third-order valence-electron chi connectivity index (χ3n) is 10.3. The van der Waals surface area contributed by atoms with E-state index < -0.39 is 21.6 Å². The van der Waals surface area contributed by atoms with Crippen molar-refractivity contribution in [1.29, 1.82) is 0 Å². The van der Waals surface area contributed by atoms with E-state index in [2.05, 4.69) is 20.5 Å². The number of amides is 1. The molecule has 246 valence electrons. The summed E-state index contributed by atoms with van der Waals surface area (Å²) in [5.41, 5.74) is 1.15. The lowest BCUT2D eigenvalue weighted by Crippen LogP contribution is -2.49. The van der Waals surface area contributed by atoms with Crippen LogP contribution in [0.3, 0.4) is 0 Å². The van der Waals surface area contributed by atoms with E-state index in [1.165, 1.54) is 10.7 Å². The first kappa shape index (κ1) is 31.1. The normalized spacial score (nSPS) is 25.7. The second-order valence-electron chi connectivity index (χ2n) is 13.8. The molecule has 3 aromatic rings. The summed E-state index contributed by atoms with van der Waals surface area (Å²) in [6.45, 7) is 1.83. The van der Waals surface area contributed by atoms with Crippen LogP contribution in [0.5, 0.6) is 5.75 Å². The maximum absolute atomic E-state index is 15.6. The number of carbonyl (C=O) groups is 1. The van der Waals surface area contributed by atoms with Gasteiger partial charge in [0, 0.05) is 42.6 Å². The van der Waals surface area contributed by atoms with Gasteiger partial charge in [0.1, 0.15) is 23.5 Å². The van der Waals surface area contributed by atoms with Gasteiger partial charge in [-0.2, -0.15) is 5.10 Å². The average Bonchev–Trinajstić information content (AvgIpc) is 3.65. The van der Waals surface area contributed by atoms with E-state index in [0.29, 0.717) is 53.3 Å². The third-order valence-corrected chi connectivity index (χ3v) is 10.9. The molecule has 2 heterocycles. The number of aryl methyl sites for hydroxylation is 1. The van der Waals surface area contributed by atoms with E-state index in [1.807, 2.05) is 18.2 Å². The Morgan fingerprint density at radius 3 is 2.57 bits per heavy atom. The second kappa shape index (κ2) is 11.6. The Hall–Kier alpha value is -3.51. The summed E-state index contributed by atoms with van der Waals surface area (Å²) >= 11 is 0. The van der Waals surface area contributed by atoms with Crippen LogP contribution in [0.2, 0.25) is 0 Å². The minimum absolute atomic E-state index is 0.0509. The molecule has 4 fully saturated rings. The molecule has 1 saturated heterocycles. The van der Waals surface area contributed by atoms with E-state index in [-0.39, 0.29) is 42.4 Å². The predicted molar refractivity (Wildman–Crippen MR) is 172 cm³/mol. The highest BCUT2D eigenvalue weighted by Crippen LogP contribution is 2.46. The van der Waals surface area contributed by atoms with Gasteiger partial charge >= 0.3 is 0 Å². The summed E-state index contributed by atoms with van der Waals surface area (Å²) in [5.74, 6) is 0.144. The van der Waals surface area contributed by atoms with E-state index in [1.54, 1.807) is 25.1 Å². The van der Waals surface area contributed by atoms with Gasteiger partial charge < -0.3 is 15.4 Å². The summed E-state index contributed by atoms with van der Waals surface area (Å²) in [4.78, 5) is 13.1. The first-order valence-electron chi connectivity index (χ1n) is 16.3. The summed E-state index contributed by atoms with van der Waals surface area (Å²) in [5, 5.41) is 10.7. The van der Waals surface area contributed by atoms with E-state index in [4.69, 9.17) is 4.74 Å². The largest absolute Gasteiger partial charge is 0.490 e. The highest BCUT2D eigenvalue weighted by Gasteiger charge is 2.55. The molecular formula is C34H41F2N5O4S. The standard InChI is InChI=1S/C34H41F2N5O4S/c1-21-16-30(40-46(2,43)44)41(39-21)24-11-13-29(27(18-24)26-8-4-9-28(35)31(26)22-6-3-7-22)45-25-12-10-23(17-25)38-32(42)34(36)19-33(37-20-34)14-5-15-33/h4,8-9,11,13,16,18,22-23,25,37,40H,3,5-7,10,12,14-15,17,19-20H2,1-2H3,(H,38,42)/t23-,25-,34+/m1/s1. The smallest absolute Gasteiger partial charge is 0.259 e. The fourth-order valence-corrected chi connectivity index (χ4v) is 8.11. The number of halogens is 2. The van der Waals surface area contributed by atoms with E-state index in [0.717, 1.165) is 50.3 Å². The van der Waals surface area contributed by atoms with Gasteiger partial charge in [0.25, 0.3) is 5.91 Å². The van der Waals surface area contributed by atoms with Crippen molar-refractivity contribution in [2.45, 2.75) is 100 Å². The van der Waals surface area contributed by atoms with Crippen molar-refractivity contribution in [2.75, 3.05) is 17.5 Å². The highest BCUT2D eigenvalue weighted by molar-refractivity contribution is 7.92. The predicted octanol–water partition coefficient (Wildman–Crippen LogP) is 5.67. The number of carbonyl (C=O) groups excluding carboxylic acids is 1. The van der Waals surface area contributed by atoms with Gasteiger partial charge in [0.05, 0.1) is 17.6 Å². The summed E-state index contributed by atoms with van der Waals surface area (Å²) in [6, 6.07) is 12.0. The molecule has 3 N–H and O–H groups in total. The van der Waals surface area contributed by atoms with Gasteiger partial charge in [-0.05, 0) is 93.2 Å². The molecule has 3 atom stereocenters. The summed E-state index contributed by atoms with van der Waals surface area (Å²) < 4.78 is 65.9. The number of ether oxygens (including phenoxy) is 1. The molecule has 1 amide bonds. The van der Waals surface area contributed by atoms with Gasteiger partial charge in [-0.15, -0.1) is 0 Å². The Kier molecular flexibility index (Phi) is 7.86. The number of sulfonamides is 1. The topological polar surface area (TPSA) is 114 Å². The average molecular weight is 654 g/mol. The Labute approximate surface area is 268 Å². The van der Waals surface area contributed by atoms with Crippen molar-refractivity contribution >= 4 is 21.7 Å². The van der Waals surface area contributed by atoms with Crippen LogP contribution >= 0.6 is 0 Å². The second-order valence-corrected chi connectivity index (χ2v) is 15.6. The molecule has 1 aromatic heterocycles. The molecule has 0 bridgehead atoms. The Morgan fingerprint density at radius 1 is 1.09 bits per heavy atom. The maximum atomic E-state index is 15.6. The number of aromatic nitrogens is 2. The molecular weight excluding hydrogens is 612 g/mol. The van der Waals surface area contributed by atoms with Crippen molar-refractivity contribution in [3.8, 4) is 22.6 Å². The van der Waals surface area contributed by atoms with Crippen LogP contribution in [-0.4, -0.2) is 60.3 Å². The van der Waals surface area contributed by atoms with Crippen LogP contribution in [0.1, 0.15) is 81.4 Å². The number of rotatable bonds is 9. The first-order chi connectivity index (χ1) is 21.9. The van der Waals surface area contributed by atoms with Gasteiger partial charge in [-0.3, -0.25) is 9.52 Å². The van der Waals surface area contributed by atoms with E-state index in [9.17, 15) is 13.2 Å². The number of benzene rings is 2. The van der Waals surface area contributed by atoms with Gasteiger partial charge in [0.15, 0.2) is 0 Å². The molecule has 1 spiro atoms. The van der Waals surface area contributed by atoms with E-state index >= 15 is 8.78 Å². The zero-order valence-corrected chi connectivity index (χ0v) is 27.1. The Morgan fingerprint density at radius 2 is 1.89 bits per heavy atom. The van der Waals surface area contributed by atoms with Crippen LogP contribution in [0.15, 0.2) is 42.5 Å². The monoisotopic (exact) mass is 653 g/mol. The Bertz CT molecular complexity index is 1770.